The highest BCUT2D eigenvalue weighted by atomic mass is 19.4. The molecule has 0 radical (unpaired) electrons. The number of hydrogen-bond acceptors (Lipinski definition) is 3. The molecule has 1 atom stereocenters. The molecule has 6 heteroatoms. The Morgan fingerprint density at radius 1 is 1.35 bits per heavy atom. The Bertz CT molecular complexity index is 387. The quantitative estimate of drug-likeness (QED) is 0.834. The molecule has 17 heavy (non-hydrogen) atoms. The smallest absolute Gasteiger partial charge is 0.390 e. The van der Waals surface area contributed by atoms with Gasteiger partial charge in [0.05, 0.1) is 19.1 Å². The van der Waals surface area contributed by atoms with Gasteiger partial charge in [-0.2, -0.15) is 13.2 Å². The molecule has 0 aromatic heterocycles. The van der Waals surface area contributed by atoms with E-state index in [0.29, 0.717) is 5.56 Å². The Balaban J connectivity index is 2.77. The van der Waals surface area contributed by atoms with Crippen molar-refractivity contribution in [1.29, 1.82) is 0 Å². The van der Waals surface area contributed by atoms with Gasteiger partial charge in [0, 0.05) is 6.04 Å². The average Bonchev–Trinajstić information content (AvgIpc) is 2.26. The molecule has 1 rings (SSSR count). The van der Waals surface area contributed by atoms with Crippen LogP contribution in [0.25, 0.3) is 0 Å². The topological polar surface area (TPSA) is 52.3 Å². The number of benzene rings is 1. The molecule has 0 aliphatic heterocycles. The standard InChI is InChI=1S/C11H12F3NO2/c1-17-10(16)8-4-2-7(3-5-8)9(15)6-11(12,13)14/h2-5,9H,6,15H2,1H3. The number of alkyl halides is 3. The Labute approximate surface area is 96.4 Å². The molecule has 94 valence electrons. The number of rotatable bonds is 3. The molecule has 2 N–H and O–H groups in total. The van der Waals surface area contributed by atoms with Crippen molar-refractivity contribution in [3.63, 3.8) is 0 Å². The number of carbonyl (C=O) groups is 1. The molecule has 3 nitrogen and oxygen atoms in total. The van der Waals surface area contributed by atoms with Crippen LogP contribution < -0.4 is 5.73 Å². The van der Waals surface area contributed by atoms with E-state index in [1.165, 1.54) is 31.4 Å². The molecular weight excluding hydrogens is 235 g/mol. The summed E-state index contributed by atoms with van der Waals surface area (Å²) in [6.07, 6.45) is -5.40. The lowest BCUT2D eigenvalue weighted by Crippen LogP contribution is -2.20. The number of methoxy groups -OCH3 is 1. The summed E-state index contributed by atoms with van der Waals surface area (Å²) < 4.78 is 40.8. The van der Waals surface area contributed by atoms with Gasteiger partial charge < -0.3 is 10.5 Å². The molecule has 0 aliphatic carbocycles. The zero-order chi connectivity index (χ0) is 13.1. The SMILES string of the molecule is COC(=O)c1ccc(C(N)CC(F)(F)F)cc1. The van der Waals surface area contributed by atoms with Crippen molar-refractivity contribution >= 4 is 5.97 Å². The fourth-order valence-corrected chi connectivity index (χ4v) is 1.35. The fourth-order valence-electron chi connectivity index (χ4n) is 1.35. The maximum Gasteiger partial charge on any atom is 0.390 e. The summed E-state index contributed by atoms with van der Waals surface area (Å²) in [5.41, 5.74) is 6.01. The summed E-state index contributed by atoms with van der Waals surface area (Å²) >= 11 is 0. The first kappa shape index (κ1) is 13.5. The van der Waals surface area contributed by atoms with Crippen molar-refractivity contribution in [2.75, 3.05) is 7.11 Å². The highest BCUT2D eigenvalue weighted by Crippen LogP contribution is 2.27. The maximum absolute atomic E-state index is 12.1. The molecule has 0 saturated carbocycles. The van der Waals surface area contributed by atoms with E-state index in [2.05, 4.69) is 4.74 Å². The number of esters is 1. The lowest BCUT2D eigenvalue weighted by molar-refractivity contribution is -0.138. The molecule has 0 bridgehead atoms. The van der Waals surface area contributed by atoms with Gasteiger partial charge in [-0.05, 0) is 17.7 Å². The number of ether oxygens (including phenoxy) is 1. The fraction of sp³-hybridized carbons (Fsp3) is 0.364. The molecule has 0 saturated heterocycles. The van der Waals surface area contributed by atoms with Gasteiger partial charge in [0.2, 0.25) is 0 Å². The van der Waals surface area contributed by atoms with E-state index in [0.717, 1.165) is 0 Å². The van der Waals surface area contributed by atoms with Crippen molar-refractivity contribution in [3.05, 3.63) is 35.4 Å². The van der Waals surface area contributed by atoms with E-state index < -0.39 is 24.6 Å². The van der Waals surface area contributed by atoms with Crippen molar-refractivity contribution in [3.8, 4) is 0 Å². The average molecular weight is 247 g/mol. The van der Waals surface area contributed by atoms with E-state index in [-0.39, 0.29) is 5.56 Å². The first-order valence-corrected chi connectivity index (χ1v) is 4.84. The zero-order valence-corrected chi connectivity index (χ0v) is 9.12. The Hall–Kier alpha value is -1.56. The van der Waals surface area contributed by atoms with Crippen LogP contribution in [0.1, 0.15) is 28.4 Å². The van der Waals surface area contributed by atoms with E-state index in [1.54, 1.807) is 0 Å². The molecule has 0 fully saturated rings. The van der Waals surface area contributed by atoms with Crippen LogP contribution in [-0.2, 0) is 4.74 Å². The van der Waals surface area contributed by atoms with Gasteiger partial charge in [0.25, 0.3) is 0 Å². The van der Waals surface area contributed by atoms with Crippen LogP contribution in [0.4, 0.5) is 13.2 Å². The molecule has 1 unspecified atom stereocenters. The molecule has 0 amide bonds. The van der Waals surface area contributed by atoms with Gasteiger partial charge in [0.1, 0.15) is 0 Å². The highest BCUT2D eigenvalue weighted by Gasteiger charge is 2.30. The molecule has 1 aromatic carbocycles. The second kappa shape index (κ2) is 5.18. The third-order valence-electron chi connectivity index (χ3n) is 2.21. The first-order chi connectivity index (χ1) is 7.83. The number of nitrogens with two attached hydrogens (primary N) is 1. The minimum absolute atomic E-state index is 0.274. The highest BCUT2D eigenvalue weighted by molar-refractivity contribution is 5.89. The molecule has 1 aromatic rings. The van der Waals surface area contributed by atoms with Crippen LogP contribution in [0, 0.1) is 0 Å². The van der Waals surface area contributed by atoms with Gasteiger partial charge in [-0.15, -0.1) is 0 Å². The lowest BCUT2D eigenvalue weighted by atomic mass is 10.0. The third-order valence-corrected chi connectivity index (χ3v) is 2.21. The normalized spacial score (nSPS) is 13.2. The summed E-state index contributed by atoms with van der Waals surface area (Å²) in [4.78, 5) is 11.1. The minimum atomic E-state index is -4.31. The molecule has 0 aliphatic rings. The molecule has 0 spiro atoms. The maximum atomic E-state index is 12.1. The second-order valence-electron chi connectivity index (χ2n) is 3.54. The van der Waals surface area contributed by atoms with Crippen LogP contribution in [0.5, 0.6) is 0 Å². The summed E-state index contributed by atoms with van der Waals surface area (Å²) in [5, 5.41) is 0. The van der Waals surface area contributed by atoms with Crippen LogP contribution in [-0.4, -0.2) is 19.3 Å². The number of halogens is 3. The lowest BCUT2D eigenvalue weighted by Gasteiger charge is -2.14. The van der Waals surface area contributed by atoms with Gasteiger partial charge in [-0.3, -0.25) is 0 Å². The van der Waals surface area contributed by atoms with Gasteiger partial charge >= 0.3 is 12.1 Å². The predicted octanol–water partition coefficient (Wildman–Crippen LogP) is 2.43. The largest absolute Gasteiger partial charge is 0.465 e. The Morgan fingerprint density at radius 3 is 2.29 bits per heavy atom. The molecular formula is C11H12F3NO2. The van der Waals surface area contributed by atoms with E-state index >= 15 is 0 Å². The summed E-state index contributed by atoms with van der Waals surface area (Å²) in [6, 6.07) is 4.43. The van der Waals surface area contributed by atoms with Crippen molar-refractivity contribution in [1.82, 2.24) is 0 Å². The van der Waals surface area contributed by atoms with E-state index in [1.807, 2.05) is 0 Å². The summed E-state index contributed by atoms with van der Waals surface area (Å²) in [5.74, 6) is -0.541. The minimum Gasteiger partial charge on any atom is -0.465 e. The van der Waals surface area contributed by atoms with Crippen molar-refractivity contribution < 1.29 is 22.7 Å². The van der Waals surface area contributed by atoms with Crippen molar-refractivity contribution in [2.24, 2.45) is 5.73 Å². The van der Waals surface area contributed by atoms with Gasteiger partial charge in [-0.1, -0.05) is 12.1 Å². The van der Waals surface area contributed by atoms with Crippen LogP contribution in [0.2, 0.25) is 0 Å². The molecule has 0 heterocycles. The van der Waals surface area contributed by atoms with Crippen LogP contribution in [0.15, 0.2) is 24.3 Å². The summed E-state index contributed by atoms with van der Waals surface area (Å²) in [6.45, 7) is 0. The Kier molecular flexibility index (Phi) is 4.11. The van der Waals surface area contributed by atoms with E-state index in [9.17, 15) is 18.0 Å². The van der Waals surface area contributed by atoms with E-state index in [4.69, 9.17) is 5.73 Å². The number of hydrogen-bond donors (Lipinski definition) is 1. The Morgan fingerprint density at radius 2 is 1.88 bits per heavy atom. The van der Waals surface area contributed by atoms with Crippen molar-refractivity contribution in [2.45, 2.75) is 18.6 Å². The van der Waals surface area contributed by atoms with Crippen LogP contribution >= 0.6 is 0 Å². The number of carbonyl (C=O) groups excluding carboxylic acids is 1. The van der Waals surface area contributed by atoms with Crippen LogP contribution in [0.3, 0.4) is 0 Å². The predicted molar refractivity (Wildman–Crippen MR) is 55.4 cm³/mol. The van der Waals surface area contributed by atoms with Gasteiger partial charge in [0.15, 0.2) is 0 Å². The van der Waals surface area contributed by atoms with Gasteiger partial charge in [-0.25, -0.2) is 4.79 Å². The monoisotopic (exact) mass is 247 g/mol. The summed E-state index contributed by atoms with van der Waals surface area (Å²) in [7, 11) is 1.23. The second-order valence-corrected chi connectivity index (χ2v) is 3.54. The third kappa shape index (κ3) is 4.07. The first-order valence-electron chi connectivity index (χ1n) is 4.84. The zero-order valence-electron chi connectivity index (χ0n) is 9.12.